The van der Waals surface area contributed by atoms with Crippen molar-refractivity contribution in [2.24, 2.45) is 0 Å². The molecular weight excluding hydrogens is 302 g/mol. The highest BCUT2D eigenvalue weighted by Crippen LogP contribution is 2.21. The largest absolute Gasteiger partial charge is 0.458 e. The van der Waals surface area contributed by atoms with Crippen molar-refractivity contribution in [3.05, 3.63) is 0 Å². The average Bonchev–Trinajstić information content (AvgIpc) is 2.66. The summed E-state index contributed by atoms with van der Waals surface area (Å²) in [6, 6.07) is -0.317. The van der Waals surface area contributed by atoms with Crippen molar-refractivity contribution < 1.29 is 28.9 Å². The van der Waals surface area contributed by atoms with Crippen LogP contribution in [0.25, 0.3) is 0 Å². The summed E-state index contributed by atoms with van der Waals surface area (Å²) in [5, 5.41) is 9.78. The van der Waals surface area contributed by atoms with Gasteiger partial charge in [0, 0.05) is 0 Å². The molecule has 0 aromatic rings. The fourth-order valence-electron chi connectivity index (χ4n) is 2.24. The number of aliphatic hydroxyl groups is 1. The van der Waals surface area contributed by atoms with Gasteiger partial charge in [0.2, 0.25) is 0 Å². The topological polar surface area (TPSA) is 85.3 Å². The van der Waals surface area contributed by atoms with E-state index in [0.29, 0.717) is 6.42 Å². The van der Waals surface area contributed by atoms with E-state index in [1.54, 1.807) is 41.5 Å². The number of nitrogens with zero attached hydrogens (tertiary/aromatic N) is 1. The van der Waals surface area contributed by atoms with E-state index in [-0.39, 0.29) is 25.8 Å². The number of likely N-dealkylation sites (tertiary alicyclic amines) is 1. The molecule has 0 aliphatic carbocycles. The van der Waals surface area contributed by atoms with Crippen molar-refractivity contribution >= 4 is 12.1 Å². The first-order valence-corrected chi connectivity index (χ1v) is 7.84. The highest BCUT2D eigenvalue weighted by Gasteiger charge is 2.37. The van der Waals surface area contributed by atoms with Gasteiger partial charge < -0.3 is 24.2 Å². The Balaban J connectivity index is 2.47. The summed E-state index contributed by atoms with van der Waals surface area (Å²) in [6.07, 6.45) is -0.703. The zero-order chi connectivity index (χ0) is 17.8. The van der Waals surface area contributed by atoms with E-state index in [9.17, 15) is 14.7 Å². The van der Waals surface area contributed by atoms with Crippen LogP contribution in [0.2, 0.25) is 0 Å². The summed E-state index contributed by atoms with van der Waals surface area (Å²) in [5.74, 6) is -0.458. The molecule has 0 spiro atoms. The zero-order valence-electron chi connectivity index (χ0n) is 14.9. The maximum atomic E-state index is 12.1. The van der Waals surface area contributed by atoms with Gasteiger partial charge in [-0.3, -0.25) is 0 Å². The van der Waals surface area contributed by atoms with E-state index in [0.717, 1.165) is 0 Å². The lowest BCUT2D eigenvalue weighted by Gasteiger charge is -2.28. The van der Waals surface area contributed by atoms with Gasteiger partial charge in [-0.1, -0.05) is 0 Å². The second kappa shape index (κ2) is 7.49. The molecule has 0 radical (unpaired) electrons. The number of amides is 1. The molecule has 134 valence electrons. The number of aliphatic hydroxyl groups excluding tert-OH is 1. The SMILES string of the molecule is CC(C)(C)OC(=O)COC[C@H]1C[C@H](O)CN1C(=O)OC(C)(C)C. The minimum Gasteiger partial charge on any atom is -0.458 e. The van der Waals surface area contributed by atoms with E-state index in [2.05, 4.69) is 0 Å². The molecule has 0 bridgehead atoms. The molecule has 1 rings (SSSR count). The Morgan fingerprint density at radius 1 is 1.09 bits per heavy atom. The van der Waals surface area contributed by atoms with E-state index in [4.69, 9.17) is 14.2 Å². The second-order valence-corrected chi connectivity index (χ2v) is 7.78. The van der Waals surface area contributed by atoms with E-state index >= 15 is 0 Å². The van der Waals surface area contributed by atoms with Crippen LogP contribution >= 0.6 is 0 Å². The predicted molar refractivity (Wildman–Crippen MR) is 84.0 cm³/mol. The Kier molecular flexibility index (Phi) is 6.41. The maximum Gasteiger partial charge on any atom is 0.410 e. The fourth-order valence-corrected chi connectivity index (χ4v) is 2.24. The number of hydrogen-bond donors (Lipinski definition) is 1. The highest BCUT2D eigenvalue weighted by molar-refractivity contribution is 5.71. The highest BCUT2D eigenvalue weighted by atomic mass is 16.6. The van der Waals surface area contributed by atoms with Crippen molar-refractivity contribution in [2.45, 2.75) is 71.3 Å². The average molecular weight is 331 g/mol. The molecule has 0 saturated carbocycles. The van der Waals surface area contributed by atoms with Crippen LogP contribution in [0.4, 0.5) is 4.79 Å². The number of carbonyl (C=O) groups is 2. The van der Waals surface area contributed by atoms with Crippen LogP contribution in [0.5, 0.6) is 0 Å². The van der Waals surface area contributed by atoms with Crippen LogP contribution in [0.3, 0.4) is 0 Å². The van der Waals surface area contributed by atoms with Crippen LogP contribution in [0.15, 0.2) is 0 Å². The standard InChI is InChI=1S/C16H29NO6/c1-15(2,3)22-13(19)10-21-9-11-7-12(18)8-17(11)14(20)23-16(4,5)6/h11-12,18H,7-10H2,1-6H3/t11-,12+/m1/s1. The van der Waals surface area contributed by atoms with Gasteiger partial charge >= 0.3 is 12.1 Å². The fraction of sp³-hybridized carbons (Fsp3) is 0.875. The summed E-state index contributed by atoms with van der Waals surface area (Å²) >= 11 is 0. The molecule has 0 unspecified atom stereocenters. The Hall–Kier alpha value is -1.34. The molecule has 1 N–H and O–H groups in total. The van der Waals surface area contributed by atoms with Crippen molar-refractivity contribution in [3.63, 3.8) is 0 Å². The molecule has 1 aliphatic rings. The number of esters is 1. The number of ether oxygens (including phenoxy) is 3. The summed E-state index contributed by atoms with van der Waals surface area (Å²) in [6.45, 7) is 10.9. The lowest BCUT2D eigenvalue weighted by molar-refractivity contribution is -0.160. The molecule has 2 atom stereocenters. The molecule has 7 heteroatoms. The van der Waals surface area contributed by atoms with Gasteiger partial charge in [-0.05, 0) is 48.0 Å². The van der Waals surface area contributed by atoms with E-state index in [1.807, 2.05) is 0 Å². The Labute approximate surface area is 137 Å². The Morgan fingerprint density at radius 2 is 1.65 bits per heavy atom. The molecule has 0 aromatic carbocycles. The molecule has 1 saturated heterocycles. The lowest BCUT2D eigenvalue weighted by atomic mass is 10.2. The minimum atomic E-state index is -0.613. The molecule has 0 aromatic heterocycles. The van der Waals surface area contributed by atoms with Crippen molar-refractivity contribution in [2.75, 3.05) is 19.8 Å². The van der Waals surface area contributed by atoms with Gasteiger partial charge in [-0.15, -0.1) is 0 Å². The molecular formula is C16H29NO6. The Morgan fingerprint density at radius 3 is 2.17 bits per heavy atom. The van der Waals surface area contributed by atoms with Gasteiger partial charge in [0.1, 0.15) is 17.8 Å². The molecule has 23 heavy (non-hydrogen) atoms. The van der Waals surface area contributed by atoms with Crippen LogP contribution in [0.1, 0.15) is 48.0 Å². The third kappa shape index (κ3) is 7.65. The van der Waals surface area contributed by atoms with Gasteiger partial charge in [0.15, 0.2) is 0 Å². The Bertz CT molecular complexity index is 423. The maximum absolute atomic E-state index is 12.1. The van der Waals surface area contributed by atoms with Crippen LogP contribution in [-0.2, 0) is 19.0 Å². The van der Waals surface area contributed by atoms with Crippen LogP contribution in [-0.4, -0.2) is 65.2 Å². The summed E-state index contributed by atoms with van der Waals surface area (Å²) in [5.41, 5.74) is -1.17. The molecule has 1 heterocycles. The molecule has 1 aliphatic heterocycles. The molecule has 7 nitrogen and oxygen atoms in total. The first-order valence-electron chi connectivity index (χ1n) is 7.84. The van der Waals surface area contributed by atoms with Crippen molar-refractivity contribution in [1.82, 2.24) is 4.90 Å². The number of rotatable bonds is 4. The second-order valence-electron chi connectivity index (χ2n) is 7.78. The third-order valence-corrected chi connectivity index (χ3v) is 2.97. The van der Waals surface area contributed by atoms with Gasteiger partial charge in [0.05, 0.1) is 25.3 Å². The number of carbonyl (C=O) groups excluding carboxylic acids is 2. The number of β-amino-alcohol motifs (C(OH)–C–C–N with tert-alkyl or cyclic N) is 1. The first kappa shape index (κ1) is 19.7. The van der Waals surface area contributed by atoms with E-state index < -0.39 is 29.4 Å². The normalized spacial score (nSPS) is 22.1. The van der Waals surface area contributed by atoms with Gasteiger partial charge in [-0.25, -0.2) is 9.59 Å². The smallest absolute Gasteiger partial charge is 0.410 e. The predicted octanol–water partition coefficient (Wildman–Crippen LogP) is 1.71. The molecule has 1 amide bonds. The summed E-state index contributed by atoms with van der Waals surface area (Å²) in [4.78, 5) is 25.2. The van der Waals surface area contributed by atoms with E-state index in [1.165, 1.54) is 4.90 Å². The monoisotopic (exact) mass is 331 g/mol. The summed E-state index contributed by atoms with van der Waals surface area (Å²) in [7, 11) is 0. The van der Waals surface area contributed by atoms with Gasteiger partial charge in [-0.2, -0.15) is 0 Å². The minimum absolute atomic E-state index is 0.148. The first-order chi connectivity index (χ1) is 10.4. The third-order valence-electron chi connectivity index (χ3n) is 2.97. The van der Waals surface area contributed by atoms with Crippen molar-refractivity contribution in [3.8, 4) is 0 Å². The van der Waals surface area contributed by atoms with Gasteiger partial charge in [0.25, 0.3) is 0 Å². The quantitative estimate of drug-likeness (QED) is 0.790. The zero-order valence-corrected chi connectivity index (χ0v) is 14.9. The van der Waals surface area contributed by atoms with Crippen molar-refractivity contribution in [1.29, 1.82) is 0 Å². The van der Waals surface area contributed by atoms with Crippen LogP contribution in [0, 0.1) is 0 Å². The summed E-state index contributed by atoms with van der Waals surface area (Å²) < 4.78 is 15.8. The lowest BCUT2D eigenvalue weighted by Crippen LogP contribution is -2.42. The molecule has 1 fully saturated rings. The number of hydrogen-bond acceptors (Lipinski definition) is 6. The van der Waals surface area contributed by atoms with Crippen LogP contribution < -0.4 is 0 Å².